The maximum Gasteiger partial charge on any atom is 0.407 e. The normalized spacial score (nSPS) is 26.0. The number of ether oxygens (including phenoxy) is 2. The molecule has 2 spiro atoms. The molecule has 2 saturated heterocycles. The summed E-state index contributed by atoms with van der Waals surface area (Å²) in [4.78, 5) is 14.3. The Morgan fingerprint density at radius 2 is 0.380 bits per heavy atom. The summed E-state index contributed by atoms with van der Waals surface area (Å²) in [5.41, 5.74) is -0.0519. The fourth-order valence-electron chi connectivity index (χ4n) is 18.2. The molecule has 1 atom stereocenters. The summed E-state index contributed by atoms with van der Waals surface area (Å²) in [7, 11) is 0. The van der Waals surface area contributed by atoms with Gasteiger partial charge in [0.1, 0.15) is 0 Å². The molecule has 2 heterocycles. The lowest BCUT2D eigenvalue weighted by atomic mass is 9.69. The predicted octanol–water partition coefficient (Wildman–Crippen LogP) is 32.5. The van der Waals surface area contributed by atoms with Crippen LogP contribution in [0, 0.1) is 5.41 Å². The van der Waals surface area contributed by atoms with Crippen LogP contribution in [0.3, 0.4) is 0 Å². The second-order valence-corrected chi connectivity index (χ2v) is 34.4. The Labute approximate surface area is 628 Å². The summed E-state index contributed by atoms with van der Waals surface area (Å²) in [5.74, 6) is -0.508. The van der Waals surface area contributed by atoms with Gasteiger partial charge in [-0.05, 0) is 45.1 Å². The molecule has 3 fully saturated rings. The number of hydrogen-bond acceptors (Lipinski definition) is 4. The number of carboxylic acid groups (broad SMARTS) is 1. The van der Waals surface area contributed by atoms with E-state index in [2.05, 4.69) is 5.32 Å². The fourth-order valence-corrected chi connectivity index (χ4v) is 18.2. The van der Waals surface area contributed by atoms with Crippen LogP contribution in [0.4, 0.5) is 4.79 Å². The quantitative estimate of drug-likeness (QED) is 0.253. The first kappa shape index (κ1) is 93.4. The van der Waals surface area contributed by atoms with E-state index in [1.807, 2.05) is 0 Å². The van der Waals surface area contributed by atoms with Gasteiger partial charge >= 0.3 is 6.09 Å². The van der Waals surface area contributed by atoms with Crippen molar-refractivity contribution in [2.45, 2.75) is 552 Å². The van der Waals surface area contributed by atoms with Crippen LogP contribution < -0.4 is 5.32 Å². The highest BCUT2D eigenvalue weighted by Gasteiger charge is 2.54. The van der Waals surface area contributed by atoms with E-state index in [0.717, 1.165) is 58.4 Å². The first-order chi connectivity index (χ1) is 49.7. The van der Waals surface area contributed by atoms with Crippen molar-refractivity contribution < 1.29 is 19.4 Å². The lowest BCUT2D eigenvalue weighted by Crippen LogP contribution is -2.55. The lowest BCUT2D eigenvalue weighted by Gasteiger charge is -2.48. The second-order valence-electron chi connectivity index (χ2n) is 34.4. The van der Waals surface area contributed by atoms with Crippen molar-refractivity contribution in [3.63, 3.8) is 0 Å². The van der Waals surface area contributed by atoms with Crippen LogP contribution in [0.2, 0.25) is 0 Å². The number of nitrogens with zero attached hydrogens (tertiary/aromatic N) is 1. The standard InChI is InChI=1S/C94H184N2O4/c97-92(98)96-87-81-76-72-68-64-60-56-52-48-44-40-36-32-28-24-20-16-12-8-10-14-18-22-26-30-34-38-42-46-50-54-58-62-66-70-74-78-84-93(91-95-86-80-82-88-96)83-77-73-69-65-61-57-53-49-45-41-37-33-29-25-21-17-13-9-6-4-2-1-3-5-7-11-15-19-23-27-31-35-39-43-47-51-55-59-63-67-71-75-79-85-94(93)99-89-90-100-94/h95H,1-91H2,(H,97,98). The van der Waals surface area contributed by atoms with Gasteiger partial charge in [-0.3, -0.25) is 0 Å². The first-order valence-corrected chi connectivity index (χ1v) is 47.6. The largest absolute Gasteiger partial charge is 0.465 e. The van der Waals surface area contributed by atoms with Crippen molar-refractivity contribution in [3.8, 4) is 0 Å². The number of hydrogen-bond donors (Lipinski definition) is 2. The molecule has 0 radical (unpaired) electrons. The average molecular weight is 1410 g/mol. The minimum atomic E-state index is -0.733. The monoisotopic (exact) mass is 1410 g/mol. The number of nitrogens with one attached hydrogen (secondary N) is 1. The van der Waals surface area contributed by atoms with Crippen molar-refractivity contribution >= 4 is 6.09 Å². The molecule has 2 N–H and O–H groups in total. The van der Waals surface area contributed by atoms with Gasteiger partial charge < -0.3 is 24.8 Å². The van der Waals surface area contributed by atoms with Crippen molar-refractivity contribution in [1.82, 2.24) is 10.2 Å². The van der Waals surface area contributed by atoms with E-state index in [9.17, 15) is 9.90 Å². The number of fused-ring (bicyclic) bond motifs is 1. The molecule has 100 heavy (non-hydrogen) atoms. The highest BCUT2D eigenvalue weighted by Crippen LogP contribution is 2.49. The Hall–Kier alpha value is -0.850. The smallest absolute Gasteiger partial charge is 0.407 e. The summed E-state index contributed by atoms with van der Waals surface area (Å²) in [6, 6.07) is 0. The zero-order valence-electron chi connectivity index (χ0n) is 68.5. The third kappa shape index (κ3) is 58.3. The molecular weight excluding hydrogens is 1220 g/mol. The molecule has 0 aromatic heterocycles. The Balaban J connectivity index is 1.58. The molecule has 2 aliphatic heterocycles. The molecule has 0 bridgehead atoms. The van der Waals surface area contributed by atoms with Gasteiger partial charge in [-0.25, -0.2) is 4.79 Å². The Morgan fingerprint density at radius 3 is 0.570 bits per heavy atom. The van der Waals surface area contributed by atoms with E-state index in [4.69, 9.17) is 9.47 Å². The van der Waals surface area contributed by atoms with Gasteiger partial charge in [0.05, 0.1) is 13.2 Å². The van der Waals surface area contributed by atoms with Crippen LogP contribution in [-0.4, -0.2) is 61.3 Å². The van der Waals surface area contributed by atoms with Crippen LogP contribution in [-0.2, 0) is 9.47 Å². The maximum atomic E-state index is 12.5. The van der Waals surface area contributed by atoms with E-state index in [0.29, 0.717) is 13.1 Å². The Bertz CT molecular complexity index is 1570. The van der Waals surface area contributed by atoms with Gasteiger partial charge in [0.25, 0.3) is 0 Å². The number of carbonyl (C=O) groups is 1. The third-order valence-electron chi connectivity index (χ3n) is 25.1. The molecule has 0 aromatic carbocycles. The molecule has 3 rings (SSSR count). The summed E-state index contributed by atoms with van der Waals surface area (Å²) >= 11 is 0. The Morgan fingerprint density at radius 1 is 0.220 bits per heavy atom. The molecule has 0 aromatic rings. The molecule has 1 aliphatic carbocycles. The van der Waals surface area contributed by atoms with Gasteiger partial charge in [-0.15, -0.1) is 0 Å². The van der Waals surface area contributed by atoms with Crippen LogP contribution in [0.5, 0.6) is 0 Å². The fraction of sp³-hybridized carbons (Fsp3) is 0.989. The van der Waals surface area contributed by atoms with Crippen molar-refractivity contribution in [1.29, 1.82) is 0 Å². The van der Waals surface area contributed by atoms with Gasteiger partial charge in [-0.2, -0.15) is 0 Å². The summed E-state index contributed by atoms with van der Waals surface area (Å²) in [6.45, 7) is 4.68. The SMILES string of the molecule is O=C(O)N1CCCCCCCCCCCCCCCCCCCCCCCCCCCCCCCCCCCCCCCC2(CCCCCCCCCCCCCCCCCCCCCCCCCCCCCCCCCCCCCCCCCCCCCC23OCCO3)CNCCCC1. The van der Waals surface area contributed by atoms with Gasteiger partial charge in [-0.1, -0.05) is 501 Å². The van der Waals surface area contributed by atoms with Gasteiger partial charge in [0, 0.05) is 31.5 Å². The van der Waals surface area contributed by atoms with Crippen LogP contribution in [0.15, 0.2) is 0 Å². The summed E-state index contributed by atoms with van der Waals surface area (Å²) in [5, 5.41) is 14.4. The summed E-state index contributed by atoms with van der Waals surface area (Å²) in [6.07, 6.45) is 118. The van der Waals surface area contributed by atoms with Gasteiger partial charge in [0.15, 0.2) is 5.79 Å². The van der Waals surface area contributed by atoms with Gasteiger partial charge in [0.2, 0.25) is 0 Å². The minimum absolute atomic E-state index is 0.0519. The number of amides is 1. The lowest BCUT2D eigenvalue weighted by molar-refractivity contribution is -0.247. The van der Waals surface area contributed by atoms with Crippen molar-refractivity contribution in [2.75, 3.05) is 39.4 Å². The maximum absolute atomic E-state index is 12.5. The molecule has 3 aliphatic rings. The molecule has 6 nitrogen and oxygen atoms in total. The van der Waals surface area contributed by atoms with Crippen LogP contribution in [0.1, 0.15) is 546 Å². The molecular formula is C94H184N2O4. The van der Waals surface area contributed by atoms with E-state index >= 15 is 0 Å². The minimum Gasteiger partial charge on any atom is -0.465 e. The van der Waals surface area contributed by atoms with E-state index in [1.54, 1.807) is 4.90 Å². The third-order valence-corrected chi connectivity index (χ3v) is 25.1. The first-order valence-electron chi connectivity index (χ1n) is 47.6. The van der Waals surface area contributed by atoms with Crippen molar-refractivity contribution in [2.24, 2.45) is 5.41 Å². The molecule has 1 unspecified atom stereocenters. The van der Waals surface area contributed by atoms with Crippen molar-refractivity contribution in [3.05, 3.63) is 0 Å². The highest BCUT2D eigenvalue weighted by atomic mass is 16.7. The second kappa shape index (κ2) is 75.0. The van der Waals surface area contributed by atoms with E-state index in [-0.39, 0.29) is 5.41 Å². The summed E-state index contributed by atoms with van der Waals surface area (Å²) < 4.78 is 14.3. The zero-order valence-corrected chi connectivity index (χ0v) is 68.5. The molecule has 6 heteroatoms. The Kier molecular flexibility index (Phi) is 70.0. The molecule has 594 valence electrons. The van der Waals surface area contributed by atoms with E-state index in [1.165, 1.54) is 514 Å². The topological polar surface area (TPSA) is 71.0 Å². The van der Waals surface area contributed by atoms with Crippen LogP contribution >= 0.6 is 0 Å². The van der Waals surface area contributed by atoms with Crippen LogP contribution in [0.25, 0.3) is 0 Å². The number of rotatable bonds is 0. The zero-order chi connectivity index (χ0) is 70.6. The molecule has 1 saturated carbocycles. The molecule has 1 amide bonds. The van der Waals surface area contributed by atoms with E-state index < -0.39 is 11.9 Å². The predicted molar refractivity (Wildman–Crippen MR) is 442 cm³/mol. The average Bonchev–Trinajstić information content (AvgIpc) is 1.45. The highest BCUT2D eigenvalue weighted by molar-refractivity contribution is 5.64.